The quantitative estimate of drug-likeness (QED) is 0.510. The Bertz CT molecular complexity index is 184. The predicted molar refractivity (Wildman–Crippen MR) is 56.7 cm³/mol. The molecule has 1 heteroatoms. The molecule has 76 valence electrons. The van der Waals surface area contributed by atoms with Crippen LogP contribution in [0.1, 0.15) is 58.8 Å². The normalized spacial score (nSPS) is 27.8. The largest absolute Gasteiger partial charge is 0.386 e. The molecule has 0 aromatic carbocycles. The molecule has 0 saturated heterocycles. The highest BCUT2D eigenvalue weighted by Gasteiger charge is 2.31. The number of unbranched alkanes of at least 4 members (excludes halogenated alkanes) is 2. The zero-order valence-electron chi connectivity index (χ0n) is 8.97. The standard InChI is InChI=1S/C12H22O/c1-3-5-6-8-11-9-7-10-12(11,13)4-2/h9,13H,3-8,10H2,1-2H3/t12-/m0/s1. The first-order valence-electron chi connectivity index (χ1n) is 5.65. The van der Waals surface area contributed by atoms with Gasteiger partial charge >= 0.3 is 0 Å². The maximum Gasteiger partial charge on any atom is 0.0857 e. The summed E-state index contributed by atoms with van der Waals surface area (Å²) < 4.78 is 0. The van der Waals surface area contributed by atoms with Gasteiger partial charge in [-0.2, -0.15) is 0 Å². The SMILES string of the molecule is CCCCCC1=CCC[C@@]1(O)CC. The lowest BCUT2D eigenvalue weighted by atomic mass is 9.89. The van der Waals surface area contributed by atoms with Crippen LogP contribution in [-0.2, 0) is 0 Å². The molecule has 0 radical (unpaired) electrons. The van der Waals surface area contributed by atoms with Gasteiger partial charge in [-0.05, 0) is 37.7 Å². The monoisotopic (exact) mass is 182 g/mol. The lowest BCUT2D eigenvalue weighted by Crippen LogP contribution is -2.26. The van der Waals surface area contributed by atoms with Gasteiger partial charge in [-0.3, -0.25) is 0 Å². The Morgan fingerprint density at radius 1 is 1.38 bits per heavy atom. The zero-order valence-corrected chi connectivity index (χ0v) is 8.97. The van der Waals surface area contributed by atoms with E-state index in [1.165, 1.54) is 24.8 Å². The van der Waals surface area contributed by atoms with E-state index in [2.05, 4.69) is 19.9 Å². The summed E-state index contributed by atoms with van der Waals surface area (Å²) in [4.78, 5) is 0. The summed E-state index contributed by atoms with van der Waals surface area (Å²) in [5, 5.41) is 10.2. The van der Waals surface area contributed by atoms with Crippen molar-refractivity contribution < 1.29 is 5.11 Å². The van der Waals surface area contributed by atoms with E-state index in [0.717, 1.165) is 25.7 Å². The van der Waals surface area contributed by atoms with Crippen LogP contribution in [0.5, 0.6) is 0 Å². The van der Waals surface area contributed by atoms with Gasteiger partial charge in [-0.25, -0.2) is 0 Å². The fourth-order valence-electron chi connectivity index (χ4n) is 2.14. The third kappa shape index (κ3) is 2.57. The number of hydrogen-bond acceptors (Lipinski definition) is 1. The lowest BCUT2D eigenvalue weighted by Gasteiger charge is -2.25. The van der Waals surface area contributed by atoms with Gasteiger partial charge in [0.05, 0.1) is 5.60 Å². The van der Waals surface area contributed by atoms with Crippen LogP contribution in [-0.4, -0.2) is 10.7 Å². The minimum atomic E-state index is -0.437. The summed E-state index contributed by atoms with van der Waals surface area (Å²) in [5.74, 6) is 0. The van der Waals surface area contributed by atoms with E-state index < -0.39 is 5.60 Å². The third-order valence-electron chi connectivity index (χ3n) is 3.18. The minimum absolute atomic E-state index is 0.437. The second-order valence-corrected chi connectivity index (χ2v) is 4.11. The predicted octanol–water partition coefficient (Wildman–Crippen LogP) is 3.43. The highest BCUT2D eigenvalue weighted by atomic mass is 16.3. The Hall–Kier alpha value is -0.300. The first kappa shape index (κ1) is 10.8. The molecular weight excluding hydrogens is 160 g/mol. The van der Waals surface area contributed by atoms with Crippen molar-refractivity contribution in [1.82, 2.24) is 0 Å². The van der Waals surface area contributed by atoms with Crippen molar-refractivity contribution in [2.45, 2.75) is 64.4 Å². The molecule has 1 atom stereocenters. The molecule has 0 heterocycles. The van der Waals surface area contributed by atoms with Crippen molar-refractivity contribution >= 4 is 0 Å². The summed E-state index contributed by atoms with van der Waals surface area (Å²) in [6.07, 6.45) is 10.1. The fourth-order valence-corrected chi connectivity index (χ4v) is 2.14. The molecule has 0 unspecified atom stereocenters. The highest BCUT2D eigenvalue weighted by molar-refractivity contribution is 5.21. The first-order valence-corrected chi connectivity index (χ1v) is 5.65. The van der Waals surface area contributed by atoms with E-state index >= 15 is 0 Å². The molecule has 0 bridgehead atoms. The van der Waals surface area contributed by atoms with Crippen molar-refractivity contribution in [3.63, 3.8) is 0 Å². The van der Waals surface area contributed by atoms with Crippen LogP contribution in [0.15, 0.2) is 11.6 Å². The zero-order chi connectivity index (χ0) is 9.73. The minimum Gasteiger partial charge on any atom is -0.386 e. The Balaban J connectivity index is 2.39. The van der Waals surface area contributed by atoms with E-state index in [0.29, 0.717) is 0 Å². The summed E-state index contributed by atoms with van der Waals surface area (Å²) in [6, 6.07) is 0. The lowest BCUT2D eigenvalue weighted by molar-refractivity contribution is 0.0717. The van der Waals surface area contributed by atoms with Gasteiger partial charge in [-0.15, -0.1) is 0 Å². The molecule has 13 heavy (non-hydrogen) atoms. The third-order valence-corrected chi connectivity index (χ3v) is 3.18. The second kappa shape index (κ2) is 4.80. The van der Waals surface area contributed by atoms with Crippen LogP contribution in [0.25, 0.3) is 0 Å². The van der Waals surface area contributed by atoms with Crippen LogP contribution in [0, 0.1) is 0 Å². The van der Waals surface area contributed by atoms with Crippen LogP contribution >= 0.6 is 0 Å². The summed E-state index contributed by atoms with van der Waals surface area (Å²) in [5.41, 5.74) is 0.872. The van der Waals surface area contributed by atoms with Crippen molar-refractivity contribution in [2.24, 2.45) is 0 Å². The van der Waals surface area contributed by atoms with E-state index in [-0.39, 0.29) is 0 Å². The van der Waals surface area contributed by atoms with Crippen molar-refractivity contribution in [2.75, 3.05) is 0 Å². The molecule has 1 nitrogen and oxygen atoms in total. The number of allylic oxidation sites excluding steroid dienone is 1. The first-order chi connectivity index (χ1) is 6.23. The fraction of sp³-hybridized carbons (Fsp3) is 0.833. The summed E-state index contributed by atoms with van der Waals surface area (Å²) in [7, 11) is 0. The molecule has 0 spiro atoms. The van der Waals surface area contributed by atoms with Gasteiger partial charge < -0.3 is 5.11 Å². The molecule has 1 aliphatic carbocycles. The molecular formula is C12H22O. The van der Waals surface area contributed by atoms with Gasteiger partial charge in [0.25, 0.3) is 0 Å². The van der Waals surface area contributed by atoms with Gasteiger partial charge in [-0.1, -0.05) is 32.8 Å². The molecule has 0 fully saturated rings. The topological polar surface area (TPSA) is 20.2 Å². The summed E-state index contributed by atoms with van der Waals surface area (Å²) in [6.45, 7) is 4.30. The molecule has 0 aromatic heterocycles. The molecule has 0 aliphatic heterocycles. The Morgan fingerprint density at radius 2 is 2.15 bits per heavy atom. The van der Waals surface area contributed by atoms with E-state index in [4.69, 9.17) is 0 Å². The van der Waals surface area contributed by atoms with E-state index in [9.17, 15) is 5.11 Å². The van der Waals surface area contributed by atoms with Crippen molar-refractivity contribution in [3.05, 3.63) is 11.6 Å². The Morgan fingerprint density at radius 3 is 2.77 bits per heavy atom. The van der Waals surface area contributed by atoms with Gasteiger partial charge in [0, 0.05) is 0 Å². The number of rotatable bonds is 5. The molecule has 0 amide bonds. The Kier molecular flexibility index (Phi) is 3.98. The second-order valence-electron chi connectivity index (χ2n) is 4.11. The van der Waals surface area contributed by atoms with Crippen LogP contribution in [0.2, 0.25) is 0 Å². The maximum absolute atomic E-state index is 10.2. The summed E-state index contributed by atoms with van der Waals surface area (Å²) >= 11 is 0. The van der Waals surface area contributed by atoms with Crippen LogP contribution in [0.4, 0.5) is 0 Å². The smallest absolute Gasteiger partial charge is 0.0857 e. The van der Waals surface area contributed by atoms with E-state index in [1.807, 2.05) is 0 Å². The highest BCUT2D eigenvalue weighted by Crippen LogP contribution is 2.35. The average Bonchev–Trinajstić information content (AvgIpc) is 2.50. The van der Waals surface area contributed by atoms with E-state index in [1.54, 1.807) is 0 Å². The maximum atomic E-state index is 10.2. The van der Waals surface area contributed by atoms with Gasteiger partial charge in [0.15, 0.2) is 0 Å². The van der Waals surface area contributed by atoms with Gasteiger partial charge in [0.1, 0.15) is 0 Å². The molecule has 1 rings (SSSR count). The molecule has 0 aromatic rings. The number of hydrogen-bond donors (Lipinski definition) is 1. The number of aliphatic hydroxyl groups is 1. The van der Waals surface area contributed by atoms with Crippen LogP contribution < -0.4 is 0 Å². The van der Waals surface area contributed by atoms with Crippen molar-refractivity contribution in [3.8, 4) is 0 Å². The van der Waals surface area contributed by atoms with Gasteiger partial charge in [0.2, 0.25) is 0 Å². The molecule has 0 saturated carbocycles. The average molecular weight is 182 g/mol. The Labute approximate surface area is 81.9 Å². The van der Waals surface area contributed by atoms with Crippen molar-refractivity contribution in [1.29, 1.82) is 0 Å². The van der Waals surface area contributed by atoms with Crippen LogP contribution in [0.3, 0.4) is 0 Å². The molecule has 1 aliphatic rings. The molecule has 1 N–H and O–H groups in total.